The van der Waals surface area contributed by atoms with Crippen molar-refractivity contribution in [3.8, 4) is 6.07 Å². The first-order valence-corrected chi connectivity index (χ1v) is 5.80. The van der Waals surface area contributed by atoms with Gasteiger partial charge in [0.1, 0.15) is 0 Å². The highest BCUT2D eigenvalue weighted by Gasteiger charge is 2.22. The summed E-state index contributed by atoms with van der Waals surface area (Å²) in [6.07, 6.45) is 0.708. The zero-order valence-electron chi connectivity index (χ0n) is 9.67. The van der Waals surface area contributed by atoms with Crippen LogP contribution in [0.2, 0.25) is 0 Å². The van der Waals surface area contributed by atoms with Crippen molar-refractivity contribution in [3.63, 3.8) is 0 Å². The summed E-state index contributed by atoms with van der Waals surface area (Å²) in [6.45, 7) is 2.36. The Morgan fingerprint density at radius 2 is 2.18 bits per heavy atom. The number of rotatable bonds is 3. The Bertz CT molecular complexity index is 395. The lowest BCUT2D eigenvalue weighted by atomic mass is 10.1. The molecular weight excluding hydrogens is 216 g/mol. The number of nitrogens with zero attached hydrogens (tertiary/aromatic N) is 2. The molecule has 1 fully saturated rings. The maximum absolute atomic E-state index is 9.04. The molecule has 0 aliphatic carbocycles. The molecule has 17 heavy (non-hydrogen) atoms. The molecule has 90 valence electrons. The van der Waals surface area contributed by atoms with E-state index in [0.29, 0.717) is 25.2 Å². The van der Waals surface area contributed by atoms with Crippen molar-refractivity contribution in [3.05, 3.63) is 29.8 Å². The Morgan fingerprint density at radius 1 is 1.41 bits per heavy atom. The average molecular weight is 232 g/mol. The molecule has 0 bridgehead atoms. The van der Waals surface area contributed by atoms with Gasteiger partial charge in [0.15, 0.2) is 0 Å². The fraction of sp³-hybridized carbons (Fsp3) is 0.462. The van der Waals surface area contributed by atoms with Crippen LogP contribution in [0.1, 0.15) is 12.0 Å². The number of hydrogen-bond acceptors (Lipinski definition) is 4. The normalized spacial score (nSPS) is 20.0. The Balaban J connectivity index is 2.14. The van der Waals surface area contributed by atoms with Crippen LogP contribution in [0.15, 0.2) is 24.3 Å². The van der Waals surface area contributed by atoms with E-state index in [-0.39, 0.29) is 12.6 Å². The highest BCUT2D eigenvalue weighted by molar-refractivity contribution is 5.50. The molecule has 0 radical (unpaired) electrons. The second kappa shape index (κ2) is 5.67. The molecule has 0 saturated carbocycles. The number of morpholine rings is 1. The second-order valence-electron chi connectivity index (χ2n) is 4.09. The van der Waals surface area contributed by atoms with E-state index in [1.807, 2.05) is 24.3 Å². The molecule has 1 saturated heterocycles. The van der Waals surface area contributed by atoms with Crippen LogP contribution in [0, 0.1) is 11.3 Å². The summed E-state index contributed by atoms with van der Waals surface area (Å²) in [5, 5.41) is 17.8. The highest BCUT2D eigenvalue weighted by atomic mass is 16.5. The zero-order valence-corrected chi connectivity index (χ0v) is 9.67. The van der Waals surface area contributed by atoms with E-state index >= 15 is 0 Å². The topological polar surface area (TPSA) is 56.5 Å². The molecule has 1 unspecified atom stereocenters. The lowest BCUT2D eigenvalue weighted by Crippen LogP contribution is -2.46. The van der Waals surface area contributed by atoms with E-state index in [1.165, 1.54) is 0 Å². The van der Waals surface area contributed by atoms with Crippen molar-refractivity contribution >= 4 is 5.69 Å². The van der Waals surface area contributed by atoms with Crippen LogP contribution in [0.4, 0.5) is 5.69 Å². The van der Waals surface area contributed by atoms with Gasteiger partial charge in [-0.1, -0.05) is 0 Å². The number of hydrogen-bond donors (Lipinski definition) is 1. The van der Waals surface area contributed by atoms with Gasteiger partial charge in [0.05, 0.1) is 30.9 Å². The first-order chi connectivity index (χ1) is 8.35. The summed E-state index contributed by atoms with van der Waals surface area (Å²) in [7, 11) is 0. The van der Waals surface area contributed by atoms with Gasteiger partial charge >= 0.3 is 0 Å². The number of ether oxygens (including phenoxy) is 1. The number of aliphatic hydroxyl groups excluding tert-OH is 1. The first kappa shape index (κ1) is 11.9. The predicted molar refractivity (Wildman–Crippen MR) is 64.8 cm³/mol. The number of anilines is 1. The summed E-state index contributed by atoms with van der Waals surface area (Å²) in [4.78, 5) is 2.24. The van der Waals surface area contributed by atoms with E-state index in [0.717, 1.165) is 12.2 Å². The molecule has 0 spiro atoms. The van der Waals surface area contributed by atoms with Crippen LogP contribution in [0.5, 0.6) is 0 Å². The standard InChI is InChI=1S/C13H16N2O2/c14-9-11-1-3-12(4-2-11)15-6-8-17-10-13(15)5-7-16/h1-4,13,16H,5-8,10H2. The minimum atomic E-state index is 0.167. The van der Waals surface area contributed by atoms with Gasteiger partial charge in [0.25, 0.3) is 0 Å². The molecule has 1 aromatic rings. The Labute approximate surface area is 101 Å². The number of benzene rings is 1. The summed E-state index contributed by atoms with van der Waals surface area (Å²) in [6, 6.07) is 9.88. The van der Waals surface area contributed by atoms with Crippen molar-refractivity contribution in [2.75, 3.05) is 31.3 Å². The van der Waals surface area contributed by atoms with Crippen LogP contribution in [-0.2, 0) is 4.74 Å². The third kappa shape index (κ3) is 2.76. The van der Waals surface area contributed by atoms with Gasteiger partial charge in [0, 0.05) is 18.8 Å². The predicted octanol–water partition coefficient (Wildman–Crippen LogP) is 1.15. The van der Waals surface area contributed by atoms with Gasteiger partial charge in [0.2, 0.25) is 0 Å². The smallest absolute Gasteiger partial charge is 0.0991 e. The van der Waals surface area contributed by atoms with Crippen LogP contribution >= 0.6 is 0 Å². The minimum Gasteiger partial charge on any atom is -0.396 e. The minimum absolute atomic E-state index is 0.167. The maximum Gasteiger partial charge on any atom is 0.0991 e. The molecule has 4 heteroatoms. The third-order valence-electron chi connectivity index (χ3n) is 3.02. The fourth-order valence-corrected chi connectivity index (χ4v) is 2.11. The quantitative estimate of drug-likeness (QED) is 0.849. The summed E-state index contributed by atoms with van der Waals surface area (Å²) in [5.41, 5.74) is 1.76. The van der Waals surface area contributed by atoms with Crippen LogP contribution in [-0.4, -0.2) is 37.5 Å². The lowest BCUT2D eigenvalue weighted by Gasteiger charge is -2.37. The van der Waals surface area contributed by atoms with Gasteiger partial charge in [-0.25, -0.2) is 0 Å². The average Bonchev–Trinajstić information content (AvgIpc) is 2.40. The number of aliphatic hydroxyl groups is 1. The molecule has 2 rings (SSSR count). The lowest BCUT2D eigenvalue weighted by molar-refractivity contribution is 0.0850. The molecule has 1 aliphatic heterocycles. The van der Waals surface area contributed by atoms with E-state index in [1.54, 1.807) is 0 Å². The third-order valence-corrected chi connectivity index (χ3v) is 3.02. The van der Waals surface area contributed by atoms with E-state index in [9.17, 15) is 0 Å². The Morgan fingerprint density at radius 3 is 2.82 bits per heavy atom. The Kier molecular flexibility index (Phi) is 3.97. The first-order valence-electron chi connectivity index (χ1n) is 5.80. The molecule has 0 amide bonds. The van der Waals surface area contributed by atoms with Gasteiger partial charge in [-0.3, -0.25) is 0 Å². The van der Waals surface area contributed by atoms with Crippen LogP contribution in [0.3, 0.4) is 0 Å². The summed E-state index contributed by atoms with van der Waals surface area (Å²) < 4.78 is 5.43. The van der Waals surface area contributed by atoms with Crippen molar-refractivity contribution in [1.82, 2.24) is 0 Å². The Hall–Kier alpha value is -1.57. The second-order valence-corrected chi connectivity index (χ2v) is 4.09. The van der Waals surface area contributed by atoms with Crippen molar-refractivity contribution < 1.29 is 9.84 Å². The van der Waals surface area contributed by atoms with Gasteiger partial charge < -0.3 is 14.7 Å². The zero-order chi connectivity index (χ0) is 12.1. The number of nitriles is 1. The van der Waals surface area contributed by atoms with Gasteiger partial charge in [-0.05, 0) is 30.7 Å². The SMILES string of the molecule is N#Cc1ccc(N2CCOCC2CCO)cc1. The molecule has 1 aliphatic rings. The monoisotopic (exact) mass is 232 g/mol. The molecule has 1 aromatic carbocycles. The maximum atomic E-state index is 9.04. The van der Waals surface area contributed by atoms with E-state index < -0.39 is 0 Å². The van der Waals surface area contributed by atoms with Crippen molar-refractivity contribution in [1.29, 1.82) is 5.26 Å². The molecule has 1 N–H and O–H groups in total. The summed E-state index contributed by atoms with van der Waals surface area (Å²) >= 11 is 0. The molecule has 4 nitrogen and oxygen atoms in total. The van der Waals surface area contributed by atoms with Crippen molar-refractivity contribution in [2.24, 2.45) is 0 Å². The highest BCUT2D eigenvalue weighted by Crippen LogP contribution is 2.21. The largest absolute Gasteiger partial charge is 0.396 e. The molecule has 0 aromatic heterocycles. The van der Waals surface area contributed by atoms with Crippen LogP contribution in [0.25, 0.3) is 0 Å². The van der Waals surface area contributed by atoms with Crippen molar-refractivity contribution in [2.45, 2.75) is 12.5 Å². The molecule has 1 heterocycles. The van der Waals surface area contributed by atoms with Crippen LogP contribution < -0.4 is 4.90 Å². The van der Waals surface area contributed by atoms with Gasteiger partial charge in [-0.15, -0.1) is 0 Å². The fourth-order valence-electron chi connectivity index (χ4n) is 2.11. The van der Waals surface area contributed by atoms with E-state index in [2.05, 4.69) is 11.0 Å². The molecular formula is C13H16N2O2. The van der Waals surface area contributed by atoms with E-state index in [4.69, 9.17) is 15.1 Å². The van der Waals surface area contributed by atoms with Gasteiger partial charge in [-0.2, -0.15) is 5.26 Å². The summed E-state index contributed by atoms with van der Waals surface area (Å²) in [5.74, 6) is 0. The molecule has 1 atom stereocenters.